The normalized spacial score (nSPS) is 11.0. The van der Waals surface area contributed by atoms with Gasteiger partial charge in [-0.3, -0.25) is 9.52 Å². The summed E-state index contributed by atoms with van der Waals surface area (Å²) in [6.45, 7) is 1.44. The second kappa shape index (κ2) is 6.37. The third-order valence-corrected chi connectivity index (χ3v) is 4.72. The van der Waals surface area contributed by atoms with Crippen LogP contribution in [-0.2, 0) is 14.8 Å². The number of nitrogens with zero attached hydrogens (tertiary/aromatic N) is 1. The number of halogens is 1. The summed E-state index contributed by atoms with van der Waals surface area (Å²) >= 11 is 5.83. The first-order chi connectivity index (χ1) is 10.3. The summed E-state index contributed by atoms with van der Waals surface area (Å²) in [5.74, 6) is -0.132. The van der Waals surface area contributed by atoms with E-state index >= 15 is 0 Å². The van der Waals surface area contributed by atoms with Crippen molar-refractivity contribution in [1.29, 1.82) is 0 Å². The van der Waals surface area contributed by atoms with Crippen molar-refractivity contribution in [2.45, 2.75) is 11.8 Å². The molecule has 5 nitrogen and oxygen atoms in total. The number of rotatable bonds is 4. The number of hydrogen-bond acceptors (Lipinski definition) is 3. The molecule has 2 aromatic carbocycles. The molecule has 0 saturated heterocycles. The van der Waals surface area contributed by atoms with E-state index in [1.807, 2.05) is 0 Å². The molecule has 0 aliphatic carbocycles. The predicted molar refractivity (Wildman–Crippen MR) is 87.8 cm³/mol. The minimum absolute atomic E-state index is 0.105. The van der Waals surface area contributed by atoms with Crippen molar-refractivity contribution in [1.82, 2.24) is 0 Å². The number of amides is 1. The fraction of sp³-hybridized carbons (Fsp3) is 0.133. The van der Waals surface area contributed by atoms with Crippen LogP contribution in [0.3, 0.4) is 0 Å². The quantitative estimate of drug-likeness (QED) is 0.931. The molecule has 0 saturated carbocycles. The molecule has 1 N–H and O–H groups in total. The van der Waals surface area contributed by atoms with Gasteiger partial charge in [-0.25, -0.2) is 8.42 Å². The van der Waals surface area contributed by atoms with Crippen LogP contribution in [0.25, 0.3) is 0 Å². The SMILES string of the molecule is CC(=O)N(C)c1ccc(S(=O)(=O)Nc2cccc(Cl)c2)cc1. The highest BCUT2D eigenvalue weighted by Gasteiger charge is 2.15. The largest absolute Gasteiger partial charge is 0.316 e. The van der Waals surface area contributed by atoms with Gasteiger partial charge in [0.05, 0.1) is 10.6 Å². The lowest BCUT2D eigenvalue weighted by molar-refractivity contribution is -0.116. The van der Waals surface area contributed by atoms with Gasteiger partial charge in [0.2, 0.25) is 5.91 Å². The molecule has 22 heavy (non-hydrogen) atoms. The maximum atomic E-state index is 12.3. The Balaban J connectivity index is 2.25. The number of nitrogens with one attached hydrogen (secondary N) is 1. The van der Waals surface area contributed by atoms with Crippen LogP contribution < -0.4 is 9.62 Å². The predicted octanol–water partition coefficient (Wildman–Crippen LogP) is 3.12. The van der Waals surface area contributed by atoms with E-state index in [2.05, 4.69) is 4.72 Å². The Morgan fingerprint density at radius 1 is 1.14 bits per heavy atom. The molecule has 0 bridgehead atoms. The summed E-state index contributed by atoms with van der Waals surface area (Å²) in [6.07, 6.45) is 0. The van der Waals surface area contributed by atoms with Gasteiger partial charge in [-0.1, -0.05) is 17.7 Å². The van der Waals surface area contributed by atoms with Gasteiger partial charge in [-0.15, -0.1) is 0 Å². The van der Waals surface area contributed by atoms with Crippen LogP contribution >= 0.6 is 11.6 Å². The van der Waals surface area contributed by atoms with Gasteiger partial charge in [-0.2, -0.15) is 0 Å². The van der Waals surface area contributed by atoms with Gasteiger partial charge < -0.3 is 4.90 Å². The first kappa shape index (κ1) is 16.3. The zero-order valence-corrected chi connectivity index (χ0v) is 13.6. The molecule has 7 heteroatoms. The molecule has 116 valence electrons. The van der Waals surface area contributed by atoms with E-state index in [1.165, 1.54) is 30.0 Å². The molecule has 0 aromatic heterocycles. The minimum Gasteiger partial charge on any atom is -0.316 e. The molecule has 0 atom stereocenters. The number of anilines is 2. The maximum Gasteiger partial charge on any atom is 0.261 e. The number of hydrogen-bond donors (Lipinski definition) is 1. The van der Waals surface area contributed by atoms with Crippen molar-refractivity contribution in [2.24, 2.45) is 0 Å². The number of carbonyl (C=O) groups is 1. The van der Waals surface area contributed by atoms with Crippen LogP contribution in [0.15, 0.2) is 53.4 Å². The second-order valence-electron chi connectivity index (χ2n) is 4.69. The van der Waals surface area contributed by atoms with Crippen molar-refractivity contribution >= 4 is 38.9 Å². The topological polar surface area (TPSA) is 66.5 Å². The molecule has 2 aromatic rings. The molecule has 0 aliphatic rings. The third kappa shape index (κ3) is 3.78. The molecule has 0 heterocycles. The van der Waals surface area contributed by atoms with Crippen molar-refractivity contribution < 1.29 is 13.2 Å². The lowest BCUT2D eigenvalue weighted by atomic mass is 10.3. The Labute approximate surface area is 134 Å². The van der Waals surface area contributed by atoms with Crippen LogP contribution in [0.4, 0.5) is 11.4 Å². The number of benzene rings is 2. The summed E-state index contributed by atoms with van der Waals surface area (Å²) in [7, 11) is -2.08. The van der Waals surface area contributed by atoms with Crippen LogP contribution in [0.2, 0.25) is 5.02 Å². The Morgan fingerprint density at radius 3 is 2.32 bits per heavy atom. The molecule has 1 amide bonds. The average Bonchev–Trinajstić information content (AvgIpc) is 2.46. The van der Waals surface area contributed by atoms with Crippen molar-refractivity contribution in [3.63, 3.8) is 0 Å². The van der Waals surface area contributed by atoms with Crippen LogP contribution in [-0.4, -0.2) is 21.4 Å². The lowest BCUT2D eigenvalue weighted by Crippen LogP contribution is -2.22. The van der Waals surface area contributed by atoms with Gasteiger partial charge in [0.25, 0.3) is 10.0 Å². The van der Waals surface area contributed by atoms with Crippen molar-refractivity contribution in [3.8, 4) is 0 Å². The number of sulfonamides is 1. The zero-order valence-electron chi connectivity index (χ0n) is 12.1. The summed E-state index contributed by atoms with van der Waals surface area (Å²) in [6, 6.07) is 12.5. The summed E-state index contributed by atoms with van der Waals surface area (Å²) in [5, 5.41) is 0.443. The minimum atomic E-state index is -3.70. The zero-order chi connectivity index (χ0) is 16.3. The molecular weight excluding hydrogens is 324 g/mol. The van der Waals surface area contributed by atoms with E-state index in [0.29, 0.717) is 16.4 Å². The molecule has 0 radical (unpaired) electrons. The smallest absolute Gasteiger partial charge is 0.261 e. The summed E-state index contributed by atoms with van der Waals surface area (Å²) in [5.41, 5.74) is 1.01. The van der Waals surface area contributed by atoms with Crippen LogP contribution in [0.1, 0.15) is 6.92 Å². The number of carbonyl (C=O) groups excluding carboxylic acids is 1. The monoisotopic (exact) mass is 338 g/mol. The molecule has 0 fully saturated rings. The highest BCUT2D eigenvalue weighted by atomic mass is 35.5. The standard InChI is InChI=1S/C15H15ClN2O3S/c1-11(19)18(2)14-6-8-15(9-7-14)22(20,21)17-13-5-3-4-12(16)10-13/h3-10,17H,1-2H3. The van der Waals surface area contributed by atoms with Gasteiger partial charge >= 0.3 is 0 Å². The van der Waals surface area contributed by atoms with Gasteiger partial charge in [0, 0.05) is 24.7 Å². The van der Waals surface area contributed by atoms with Crippen molar-refractivity contribution in [2.75, 3.05) is 16.7 Å². The Morgan fingerprint density at radius 2 is 1.77 bits per heavy atom. The Kier molecular flexibility index (Phi) is 4.73. The maximum absolute atomic E-state index is 12.3. The van der Waals surface area contributed by atoms with E-state index in [-0.39, 0.29) is 10.8 Å². The molecular formula is C15H15ClN2O3S. The van der Waals surface area contributed by atoms with Gasteiger partial charge in [0.15, 0.2) is 0 Å². The Hall–Kier alpha value is -2.05. The highest BCUT2D eigenvalue weighted by molar-refractivity contribution is 7.92. The van der Waals surface area contributed by atoms with E-state index in [1.54, 1.807) is 37.4 Å². The third-order valence-electron chi connectivity index (χ3n) is 3.08. The van der Waals surface area contributed by atoms with E-state index in [0.717, 1.165) is 0 Å². The molecule has 0 unspecified atom stereocenters. The highest BCUT2D eigenvalue weighted by Crippen LogP contribution is 2.21. The Bertz CT molecular complexity index is 789. The molecule has 0 aliphatic heterocycles. The second-order valence-corrected chi connectivity index (χ2v) is 6.81. The van der Waals surface area contributed by atoms with E-state index in [9.17, 15) is 13.2 Å². The van der Waals surface area contributed by atoms with E-state index in [4.69, 9.17) is 11.6 Å². The van der Waals surface area contributed by atoms with Crippen molar-refractivity contribution in [3.05, 3.63) is 53.6 Å². The summed E-state index contributed by atoms with van der Waals surface area (Å²) < 4.78 is 27.0. The molecule has 0 spiro atoms. The van der Waals surface area contributed by atoms with Gasteiger partial charge in [-0.05, 0) is 42.5 Å². The average molecular weight is 339 g/mol. The van der Waals surface area contributed by atoms with E-state index < -0.39 is 10.0 Å². The summed E-state index contributed by atoms with van der Waals surface area (Å²) in [4.78, 5) is 12.8. The van der Waals surface area contributed by atoms with Crippen LogP contribution in [0, 0.1) is 0 Å². The first-order valence-electron chi connectivity index (χ1n) is 6.42. The lowest BCUT2D eigenvalue weighted by Gasteiger charge is -2.15. The van der Waals surface area contributed by atoms with Crippen LogP contribution in [0.5, 0.6) is 0 Å². The fourth-order valence-corrected chi connectivity index (χ4v) is 3.04. The van der Waals surface area contributed by atoms with Gasteiger partial charge in [0.1, 0.15) is 0 Å². The fourth-order valence-electron chi connectivity index (χ4n) is 1.80. The molecule has 2 rings (SSSR count). The first-order valence-corrected chi connectivity index (χ1v) is 8.28.